The predicted molar refractivity (Wildman–Crippen MR) is 91.7 cm³/mol. The summed E-state index contributed by atoms with van der Waals surface area (Å²) in [6.07, 6.45) is 0. The number of fused-ring (bicyclic) bond motifs is 1. The average Bonchev–Trinajstić information content (AvgIpc) is 2.83. The molecule has 128 valence electrons. The van der Waals surface area contributed by atoms with E-state index >= 15 is 0 Å². The fourth-order valence-corrected chi connectivity index (χ4v) is 2.64. The Balaban J connectivity index is 1.55. The zero-order valence-electron chi connectivity index (χ0n) is 13.6. The van der Waals surface area contributed by atoms with Gasteiger partial charge < -0.3 is 15.7 Å². The summed E-state index contributed by atoms with van der Waals surface area (Å²) in [7, 11) is 0. The number of nitrogens with zero attached hydrogens (tertiary/aromatic N) is 1. The minimum atomic E-state index is -0.530. The summed E-state index contributed by atoms with van der Waals surface area (Å²) in [5.41, 5.74) is 1.93. The Morgan fingerprint density at radius 3 is 2.36 bits per heavy atom. The molecule has 2 aromatic rings. The van der Waals surface area contributed by atoms with Gasteiger partial charge in [0.25, 0.3) is 11.8 Å². The number of nitrogens with one attached hydrogen (secondary N) is 2. The number of hydrogen-bond acceptors (Lipinski definition) is 4. The number of aromatic hydroxyl groups is 1. The van der Waals surface area contributed by atoms with E-state index in [0.29, 0.717) is 16.8 Å². The molecule has 1 aliphatic rings. The molecule has 0 bridgehead atoms. The lowest BCUT2D eigenvalue weighted by Crippen LogP contribution is -2.39. The summed E-state index contributed by atoms with van der Waals surface area (Å²) in [4.78, 5) is 37.4. The number of rotatable bonds is 4. The van der Waals surface area contributed by atoms with E-state index in [0.717, 1.165) is 10.5 Å². The van der Waals surface area contributed by atoms with Crippen LogP contribution < -0.4 is 10.6 Å². The normalized spacial score (nSPS) is 12.9. The average molecular weight is 339 g/mol. The highest BCUT2D eigenvalue weighted by Crippen LogP contribution is 2.24. The van der Waals surface area contributed by atoms with E-state index in [1.165, 1.54) is 6.07 Å². The Labute approximate surface area is 144 Å². The fourth-order valence-electron chi connectivity index (χ4n) is 2.64. The van der Waals surface area contributed by atoms with Crippen LogP contribution in [0.5, 0.6) is 5.75 Å². The second kappa shape index (κ2) is 6.64. The Bertz CT molecular complexity index is 828. The predicted octanol–water partition coefficient (Wildman–Crippen LogP) is 2.12. The number of benzene rings is 2. The lowest BCUT2D eigenvalue weighted by molar-refractivity contribution is 0.0656. The van der Waals surface area contributed by atoms with Crippen LogP contribution in [-0.4, -0.2) is 40.9 Å². The molecule has 0 spiro atoms. The van der Waals surface area contributed by atoms with E-state index in [9.17, 15) is 19.5 Å². The standard InChI is InChI=1S/C18H17N3O4/c1-11-6-7-15(22)14(10-11)20-18(25)19-8-9-21-16(23)12-4-2-3-5-13(12)17(21)24/h2-7,10,22H,8-9H2,1H3,(H2,19,20,25). The van der Waals surface area contributed by atoms with Crippen LogP contribution in [0.1, 0.15) is 26.3 Å². The van der Waals surface area contributed by atoms with Crippen LogP contribution in [0.2, 0.25) is 0 Å². The molecule has 4 amide bonds. The zero-order valence-corrected chi connectivity index (χ0v) is 13.6. The third-order valence-electron chi connectivity index (χ3n) is 3.90. The van der Waals surface area contributed by atoms with Gasteiger partial charge in [-0.25, -0.2) is 4.79 Å². The molecule has 1 heterocycles. The van der Waals surface area contributed by atoms with Crippen molar-refractivity contribution in [3.8, 4) is 5.75 Å². The number of hydrogen-bond donors (Lipinski definition) is 3. The summed E-state index contributed by atoms with van der Waals surface area (Å²) in [6, 6.07) is 10.9. The molecule has 25 heavy (non-hydrogen) atoms. The second-order valence-corrected chi connectivity index (χ2v) is 5.71. The fraction of sp³-hybridized carbons (Fsp3) is 0.167. The van der Waals surface area contributed by atoms with Crippen LogP contribution in [0.4, 0.5) is 10.5 Å². The number of urea groups is 1. The first-order valence-electron chi connectivity index (χ1n) is 7.77. The van der Waals surface area contributed by atoms with Gasteiger partial charge in [-0.05, 0) is 36.8 Å². The van der Waals surface area contributed by atoms with Gasteiger partial charge in [-0.15, -0.1) is 0 Å². The third kappa shape index (κ3) is 3.30. The number of anilines is 1. The molecule has 3 N–H and O–H groups in total. The van der Waals surface area contributed by atoms with Crippen LogP contribution in [0.15, 0.2) is 42.5 Å². The van der Waals surface area contributed by atoms with Gasteiger partial charge in [0, 0.05) is 13.1 Å². The highest BCUT2D eigenvalue weighted by molar-refractivity contribution is 6.21. The first-order valence-corrected chi connectivity index (χ1v) is 7.77. The van der Waals surface area contributed by atoms with Gasteiger partial charge in [-0.2, -0.15) is 0 Å². The third-order valence-corrected chi connectivity index (χ3v) is 3.90. The molecular weight excluding hydrogens is 322 g/mol. The van der Waals surface area contributed by atoms with Gasteiger partial charge in [0.1, 0.15) is 5.75 Å². The summed E-state index contributed by atoms with van der Waals surface area (Å²) in [5.74, 6) is -0.764. The van der Waals surface area contributed by atoms with Gasteiger partial charge in [0.15, 0.2) is 0 Å². The number of carbonyl (C=O) groups is 3. The largest absolute Gasteiger partial charge is 0.506 e. The molecule has 0 saturated heterocycles. The van der Waals surface area contributed by atoms with Crippen LogP contribution >= 0.6 is 0 Å². The number of amides is 4. The molecule has 7 nitrogen and oxygen atoms in total. The molecule has 0 fully saturated rings. The number of carbonyl (C=O) groups excluding carboxylic acids is 3. The van der Waals surface area contributed by atoms with E-state index in [4.69, 9.17) is 0 Å². The van der Waals surface area contributed by atoms with E-state index in [-0.39, 0.29) is 30.7 Å². The Morgan fingerprint density at radius 2 is 1.72 bits per heavy atom. The Hall–Kier alpha value is -3.35. The van der Waals surface area contributed by atoms with Crippen molar-refractivity contribution in [3.63, 3.8) is 0 Å². The quantitative estimate of drug-likeness (QED) is 0.587. The molecule has 1 aliphatic heterocycles. The molecule has 3 rings (SSSR count). The molecule has 0 aliphatic carbocycles. The van der Waals surface area contributed by atoms with Crippen molar-refractivity contribution in [2.45, 2.75) is 6.92 Å². The molecular formula is C18H17N3O4. The van der Waals surface area contributed by atoms with Crippen molar-refractivity contribution in [1.29, 1.82) is 0 Å². The van der Waals surface area contributed by atoms with Gasteiger partial charge in [0.2, 0.25) is 0 Å². The SMILES string of the molecule is Cc1ccc(O)c(NC(=O)NCCN2C(=O)c3ccccc3C2=O)c1. The van der Waals surface area contributed by atoms with Crippen LogP contribution in [-0.2, 0) is 0 Å². The zero-order chi connectivity index (χ0) is 18.0. The van der Waals surface area contributed by atoms with Crippen molar-refractivity contribution in [2.75, 3.05) is 18.4 Å². The van der Waals surface area contributed by atoms with Gasteiger partial charge in [-0.1, -0.05) is 18.2 Å². The minimum absolute atomic E-state index is 0.0406. The maximum Gasteiger partial charge on any atom is 0.319 e. The highest BCUT2D eigenvalue weighted by atomic mass is 16.3. The molecule has 0 radical (unpaired) electrons. The number of imide groups is 1. The summed E-state index contributed by atoms with van der Waals surface area (Å²) in [5, 5.41) is 14.8. The smallest absolute Gasteiger partial charge is 0.319 e. The van der Waals surface area contributed by atoms with Crippen LogP contribution in [0.25, 0.3) is 0 Å². The topological polar surface area (TPSA) is 98.7 Å². The molecule has 0 atom stereocenters. The number of phenolic OH excluding ortho intramolecular Hbond substituents is 1. The van der Waals surface area contributed by atoms with Crippen molar-refractivity contribution in [2.24, 2.45) is 0 Å². The number of aryl methyl sites for hydroxylation is 1. The lowest BCUT2D eigenvalue weighted by atomic mass is 10.1. The van der Waals surface area contributed by atoms with Crippen molar-refractivity contribution < 1.29 is 19.5 Å². The van der Waals surface area contributed by atoms with Crippen molar-refractivity contribution >= 4 is 23.5 Å². The minimum Gasteiger partial charge on any atom is -0.506 e. The molecule has 2 aromatic carbocycles. The lowest BCUT2D eigenvalue weighted by Gasteiger charge is -2.15. The molecule has 0 saturated carbocycles. The first kappa shape index (κ1) is 16.5. The monoisotopic (exact) mass is 339 g/mol. The maximum atomic E-state index is 12.2. The van der Waals surface area contributed by atoms with Crippen molar-refractivity contribution in [1.82, 2.24) is 10.2 Å². The number of phenols is 1. The maximum absolute atomic E-state index is 12.2. The summed E-state index contributed by atoms with van der Waals surface area (Å²) in [6.45, 7) is 2.01. The molecule has 0 aromatic heterocycles. The van der Waals surface area contributed by atoms with E-state index in [1.54, 1.807) is 36.4 Å². The Kier molecular flexibility index (Phi) is 4.38. The molecule has 7 heteroatoms. The van der Waals surface area contributed by atoms with E-state index in [1.807, 2.05) is 6.92 Å². The van der Waals surface area contributed by atoms with E-state index in [2.05, 4.69) is 10.6 Å². The highest BCUT2D eigenvalue weighted by Gasteiger charge is 2.34. The Morgan fingerprint density at radius 1 is 1.08 bits per heavy atom. The van der Waals surface area contributed by atoms with Crippen LogP contribution in [0.3, 0.4) is 0 Å². The summed E-state index contributed by atoms with van der Waals surface area (Å²) >= 11 is 0. The second-order valence-electron chi connectivity index (χ2n) is 5.71. The van der Waals surface area contributed by atoms with Crippen molar-refractivity contribution in [3.05, 3.63) is 59.2 Å². The van der Waals surface area contributed by atoms with E-state index < -0.39 is 6.03 Å². The summed E-state index contributed by atoms with van der Waals surface area (Å²) < 4.78 is 0. The molecule has 0 unspecified atom stereocenters. The van der Waals surface area contributed by atoms with Gasteiger partial charge in [0.05, 0.1) is 16.8 Å². The van der Waals surface area contributed by atoms with Gasteiger partial charge >= 0.3 is 6.03 Å². The van der Waals surface area contributed by atoms with Crippen LogP contribution in [0, 0.1) is 6.92 Å². The van der Waals surface area contributed by atoms with Gasteiger partial charge in [-0.3, -0.25) is 14.5 Å². The first-order chi connectivity index (χ1) is 12.0.